The van der Waals surface area contributed by atoms with Gasteiger partial charge in [0.1, 0.15) is 0 Å². The number of carbonyl (C=O) groups is 1. The van der Waals surface area contributed by atoms with E-state index in [0.717, 1.165) is 12.1 Å². The lowest BCUT2D eigenvalue weighted by Crippen LogP contribution is -2.41. The van der Waals surface area contributed by atoms with Gasteiger partial charge in [0.15, 0.2) is 5.16 Å². The number of benzene rings is 2. The van der Waals surface area contributed by atoms with E-state index in [1.165, 1.54) is 17.3 Å². The first kappa shape index (κ1) is 22.8. The Morgan fingerprint density at radius 2 is 1.91 bits per heavy atom. The summed E-state index contributed by atoms with van der Waals surface area (Å²) in [6.45, 7) is 6.61. The lowest BCUT2D eigenvalue weighted by molar-refractivity contribution is -0.132. The monoisotopic (exact) mass is 471 g/mol. The second-order valence-electron chi connectivity index (χ2n) is 7.88. The van der Waals surface area contributed by atoms with E-state index in [4.69, 9.17) is 21.3 Å². The highest BCUT2D eigenvalue weighted by Crippen LogP contribution is 2.25. The van der Waals surface area contributed by atoms with Gasteiger partial charge in [0.05, 0.1) is 35.6 Å². The molecule has 4 rings (SSSR count). The zero-order chi connectivity index (χ0) is 22.7. The minimum atomic E-state index is -0.177. The predicted octanol–water partition coefficient (Wildman–Crippen LogP) is 4.50. The van der Waals surface area contributed by atoms with Crippen molar-refractivity contribution in [1.29, 1.82) is 0 Å². The third-order valence-corrected chi connectivity index (χ3v) is 6.98. The van der Waals surface area contributed by atoms with Crippen molar-refractivity contribution in [1.82, 2.24) is 14.5 Å². The van der Waals surface area contributed by atoms with Crippen LogP contribution >= 0.6 is 23.4 Å². The van der Waals surface area contributed by atoms with E-state index < -0.39 is 0 Å². The number of aromatic nitrogens is 2. The first-order valence-corrected chi connectivity index (χ1v) is 12.1. The van der Waals surface area contributed by atoms with Crippen LogP contribution in [0.2, 0.25) is 5.02 Å². The van der Waals surface area contributed by atoms with Crippen LogP contribution in [0.5, 0.6) is 0 Å². The fraction of sp³-hybridized carbons (Fsp3) is 0.375. The maximum absolute atomic E-state index is 13.4. The van der Waals surface area contributed by atoms with Crippen molar-refractivity contribution < 1.29 is 9.53 Å². The number of halogens is 1. The van der Waals surface area contributed by atoms with Crippen LogP contribution in [-0.2, 0) is 9.53 Å². The number of amides is 1. The highest BCUT2D eigenvalue weighted by molar-refractivity contribution is 7.99. The van der Waals surface area contributed by atoms with Crippen molar-refractivity contribution in [2.24, 2.45) is 0 Å². The number of carbonyl (C=O) groups excluding carboxylic acids is 1. The van der Waals surface area contributed by atoms with Gasteiger partial charge in [-0.1, -0.05) is 49.3 Å². The first-order valence-electron chi connectivity index (χ1n) is 10.8. The van der Waals surface area contributed by atoms with Crippen LogP contribution in [0.25, 0.3) is 16.6 Å². The van der Waals surface area contributed by atoms with Crippen molar-refractivity contribution in [3.8, 4) is 5.69 Å². The summed E-state index contributed by atoms with van der Waals surface area (Å²) in [5.74, 6) is 0.652. The number of fused-ring (bicyclic) bond motifs is 1. The van der Waals surface area contributed by atoms with Gasteiger partial charge in [0, 0.05) is 18.1 Å². The van der Waals surface area contributed by atoms with E-state index in [2.05, 4.69) is 26.0 Å². The van der Waals surface area contributed by atoms with E-state index in [-0.39, 0.29) is 17.2 Å². The zero-order valence-electron chi connectivity index (χ0n) is 18.2. The van der Waals surface area contributed by atoms with Gasteiger partial charge in [0.2, 0.25) is 5.91 Å². The molecule has 0 spiro atoms. The summed E-state index contributed by atoms with van der Waals surface area (Å²) >= 11 is 7.41. The molecular formula is C24H26ClN3O3S. The number of hydrogen-bond donors (Lipinski definition) is 0. The van der Waals surface area contributed by atoms with Crippen molar-refractivity contribution in [2.45, 2.75) is 31.3 Å². The Morgan fingerprint density at radius 3 is 2.59 bits per heavy atom. The number of hydrogen-bond acceptors (Lipinski definition) is 5. The summed E-state index contributed by atoms with van der Waals surface area (Å²) in [5.41, 5.74) is 2.30. The molecule has 1 saturated heterocycles. The van der Waals surface area contributed by atoms with Crippen LogP contribution in [-0.4, -0.2) is 52.4 Å². The van der Waals surface area contributed by atoms with Gasteiger partial charge in [-0.15, -0.1) is 0 Å². The number of thioether (sulfide) groups is 1. The quantitative estimate of drug-likeness (QED) is 0.391. The minimum absolute atomic E-state index is 0.0115. The Labute approximate surface area is 196 Å². The average Bonchev–Trinajstić information content (AvgIpc) is 2.82. The summed E-state index contributed by atoms with van der Waals surface area (Å²) in [5, 5.41) is 1.48. The minimum Gasteiger partial charge on any atom is -0.378 e. The smallest absolute Gasteiger partial charge is 0.266 e. The third-order valence-electron chi connectivity index (χ3n) is 5.82. The number of rotatable bonds is 6. The van der Waals surface area contributed by atoms with E-state index in [0.29, 0.717) is 53.3 Å². The molecule has 1 aliphatic heterocycles. The molecule has 1 aliphatic rings. The Balaban J connectivity index is 1.72. The molecule has 6 nitrogen and oxygen atoms in total. The summed E-state index contributed by atoms with van der Waals surface area (Å²) < 4.78 is 6.92. The molecule has 0 saturated carbocycles. The molecule has 0 N–H and O–H groups in total. The molecule has 32 heavy (non-hydrogen) atoms. The van der Waals surface area contributed by atoms with Gasteiger partial charge >= 0.3 is 0 Å². The van der Waals surface area contributed by atoms with Gasteiger partial charge in [-0.3, -0.25) is 14.2 Å². The second-order valence-corrected chi connectivity index (χ2v) is 9.26. The number of morpholine rings is 1. The molecule has 1 fully saturated rings. The van der Waals surface area contributed by atoms with Crippen molar-refractivity contribution >= 4 is 40.2 Å². The van der Waals surface area contributed by atoms with Crippen LogP contribution < -0.4 is 5.56 Å². The van der Waals surface area contributed by atoms with Gasteiger partial charge < -0.3 is 9.64 Å². The number of nitrogens with zero attached hydrogens (tertiary/aromatic N) is 3. The molecule has 3 aromatic rings. The maximum atomic E-state index is 13.4. The zero-order valence-corrected chi connectivity index (χ0v) is 19.8. The third kappa shape index (κ3) is 4.85. The first-order chi connectivity index (χ1) is 15.5. The van der Waals surface area contributed by atoms with E-state index in [9.17, 15) is 9.59 Å². The fourth-order valence-electron chi connectivity index (χ4n) is 3.68. The van der Waals surface area contributed by atoms with Crippen LogP contribution in [0.15, 0.2) is 52.4 Å². The maximum Gasteiger partial charge on any atom is 0.266 e. The van der Waals surface area contributed by atoms with Gasteiger partial charge in [-0.2, -0.15) is 0 Å². The van der Waals surface area contributed by atoms with Crippen LogP contribution in [0.4, 0.5) is 0 Å². The summed E-state index contributed by atoms with van der Waals surface area (Å²) in [4.78, 5) is 32.6. The van der Waals surface area contributed by atoms with Crippen LogP contribution in [0.1, 0.15) is 31.7 Å². The Kier molecular flexibility index (Phi) is 7.18. The van der Waals surface area contributed by atoms with Gasteiger partial charge in [-0.25, -0.2) is 4.98 Å². The van der Waals surface area contributed by atoms with Gasteiger partial charge in [0.25, 0.3) is 5.56 Å². The highest BCUT2D eigenvalue weighted by Gasteiger charge is 2.20. The van der Waals surface area contributed by atoms with Crippen molar-refractivity contribution in [3.63, 3.8) is 0 Å². The van der Waals surface area contributed by atoms with E-state index in [1.807, 2.05) is 12.1 Å². The second kappa shape index (κ2) is 10.1. The normalized spacial score (nSPS) is 15.2. The molecule has 0 radical (unpaired) electrons. The molecule has 8 heteroatoms. The fourth-order valence-corrected chi connectivity index (χ4v) is 4.76. The highest BCUT2D eigenvalue weighted by atomic mass is 35.5. The van der Waals surface area contributed by atoms with Gasteiger partial charge in [-0.05, 0) is 48.2 Å². The van der Waals surface area contributed by atoms with E-state index >= 15 is 0 Å². The number of ether oxygens (including phenoxy) is 1. The summed E-state index contributed by atoms with van der Waals surface area (Å²) in [7, 11) is 0. The molecule has 1 aromatic heterocycles. The molecule has 0 unspecified atom stereocenters. The van der Waals surface area contributed by atoms with Crippen molar-refractivity contribution in [2.75, 3.05) is 32.1 Å². The summed E-state index contributed by atoms with van der Waals surface area (Å²) in [6.07, 6.45) is 1.04. The molecule has 0 aliphatic carbocycles. The molecule has 1 amide bonds. The van der Waals surface area contributed by atoms with E-state index in [1.54, 1.807) is 27.7 Å². The molecule has 168 valence electrons. The molecular weight excluding hydrogens is 446 g/mol. The largest absolute Gasteiger partial charge is 0.378 e. The van der Waals surface area contributed by atoms with Crippen molar-refractivity contribution in [3.05, 3.63) is 63.4 Å². The molecule has 2 heterocycles. The topological polar surface area (TPSA) is 64.4 Å². The lowest BCUT2D eigenvalue weighted by Gasteiger charge is -2.26. The lowest BCUT2D eigenvalue weighted by atomic mass is 9.98. The Hall–Kier alpha value is -2.35. The van der Waals surface area contributed by atoms with Crippen LogP contribution in [0.3, 0.4) is 0 Å². The standard InChI is InChI=1S/C24H26ClN3O3S/c1-3-16(2)17-4-7-19(8-5-17)28-23(30)20-9-6-18(25)14-21(20)26-24(28)32-15-22(29)27-10-12-31-13-11-27/h4-9,14,16H,3,10-13,15H2,1-2H3/t16-/m1/s1. The molecule has 2 aromatic carbocycles. The average molecular weight is 472 g/mol. The Bertz CT molecular complexity index is 1170. The van der Waals surface area contributed by atoms with Crippen LogP contribution in [0, 0.1) is 0 Å². The molecule has 1 atom stereocenters. The summed E-state index contributed by atoms with van der Waals surface area (Å²) in [6, 6.07) is 13.1. The SMILES string of the molecule is CC[C@@H](C)c1ccc(-n2c(SCC(=O)N3CCOCC3)nc3cc(Cl)ccc3c2=O)cc1. The predicted molar refractivity (Wildman–Crippen MR) is 129 cm³/mol. The molecule has 0 bridgehead atoms. The Morgan fingerprint density at radius 1 is 1.19 bits per heavy atom.